The van der Waals surface area contributed by atoms with Crippen molar-refractivity contribution in [2.24, 2.45) is 0 Å². The Labute approximate surface area is 275 Å². The molecule has 1 spiro atoms. The third-order valence-electron chi connectivity index (χ3n) is 7.94. The molecular formula is C30H32BrClF3N7O4. The second-order valence-corrected chi connectivity index (χ2v) is 11.8. The summed E-state index contributed by atoms with van der Waals surface area (Å²) >= 11 is 9.22. The zero-order valence-corrected chi connectivity index (χ0v) is 27.6. The molecule has 4 heterocycles. The maximum atomic E-state index is 13.5. The van der Waals surface area contributed by atoms with Crippen LogP contribution in [0.2, 0.25) is 5.02 Å². The van der Waals surface area contributed by atoms with Gasteiger partial charge in [-0.15, -0.1) is 5.10 Å². The lowest BCUT2D eigenvalue weighted by Crippen LogP contribution is -2.43. The topological polar surface area (TPSA) is 135 Å². The van der Waals surface area contributed by atoms with Gasteiger partial charge in [0.05, 0.1) is 16.3 Å². The van der Waals surface area contributed by atoms with Crippen LogP contribution in [-0.4, -0.2) is 66.5 Å². The van der Waals surface area contributed by atoms with E-state index >= 15 is 0 Å². The highest BCUT2D eigenvalue weighted by atomic mass is 79.9. The van der Waals surface area contributed by atoms with Gasteiger partial charge >= 0.3 is 6.18 Å². The van der Waals surface area contributed by atoms with E-state index in [1.54, 1.807) is 10.6 Å². The lowest BCUT2D eigenvalue weighted by molar-refractivity contribution is -0.137. The number of anilines is 1. The molecule has 4 aromatic rings. The minimum atomic E-state index is -4.54. The molecule has 11 nitrogen and oxygen atoms in total. The molecule has 16 heteroatoms. The number of benzene rings is 1. The molecule has 0 saturated carbocycles. The Morgan fingerprint density at radius 3 is 2.48 bits per heavy atom. The number of pyridine rings is 1. The number of likely N-dealkylation sites (tertiary alicyclic amines) is 1. The Kier molecular flexibility index (Phi) is 10.9. The van der Waals surface area contributed by atoms with Gasteiger partial charge in [0.15, 0.2) is 6.29 Å². The number of carbonyl (C=O) groups is 2. The minimum absolute atomic E-state index is 0.0628. The van der Waals surface area contributed by atoms with Gasteiger partial charge < -0.3 is 19.9 Å². The van der Waals surface area contributed by atoms with E-state index in [1.165, 1.54) is 16.8 Å². The Morgan fingerprint density at radius 2 is 1.89 bits per heavy atom. The number of nitrogens with one attached hydrogen (secondary N) is 1. The Bertz CT molecular complexity index is 1800. The number of fused-ring (bicyclic) bond motifs is 3. The lowest BCUT2D eigenvalue weighted by atomic mass is 9.74. The monoisotopic (exact) mass is 725 g/mol. The third-order valence-corrected chi connectivity index (χ3v) is 8.59. The van der Waals surface area contributed by atoms with Crippen LogP contribution in [0, 0.1) is 0 Å². The lowest BCUT2D eigenvalue weighted by Gasteiger charge is -2.38. The van der Waals surface area contributed by atoms with Crippen LogP contribution in [0.15, 0.2) is 46.1 Å². The molecule has 0 atom stereocenters. The van der Waals surface area contributed by atoms with E-state index in [4.69, 9.17) is 16.7 Å². The molecule has 1 aliphatic heterocycles. The molecule has 2 aliphatic rings. The molecule has 46 heavy (non-hydrogen) atoms. The summed E-state index contributed by atoms with van der Waals surface area (Å²) in [6.45, 7) is 5.53. The summed E-state index contributed by atoms with van der Waals surface area (Å²) in [7, 11) is 2.05. The number of rotatable bonds is 4. The summed E-state index contributed by atoms with van der Waals surface area (Å²) in [6, 6.07) is 5.72. The predicted molar refractivity (Wildman–Crippen MR) is 169 cm³/mol. The molecular weight excluding hydrogens is 695 g/mol. The molecule has 1 fully saturated rings. The van der Waals surface area contributed by atoms with Gasteiger partial charge in [-0.3, -0.25) is 14.4 Å². The fourth-order valence-electron chi connectivity index (χ4n) is 5.69. The number of aromatic nitrogens is 5. The second-order valence-electron chi connectivity index (χ2n) is 10.7. The van der Waals surface area contributed by atoms with Gasteiger partial charge in [-0.1, -0.05) is 25.4 Å². The molecule has 1 aromatic carbocycles. The molecule has 3 aromatic heterocycles. The average Bonchev–Trinajstić information content (AvgIpc) is 3.60. The quantitative estimate of drug-likeness (QED) is 0.264. The van der Waals surface area contributed by atoms with Crippen molar-refractivity contribution in [3.8, 4) is 5.75 Å². The van der Waals surface area contributed by atoms with Crippen LogP contribution in [0.25, 0.3) is 5.78 Å². The van der Waals surface area contributed by atoms with Crippen molar-refractivity contribution in [3.05, 3.63) is 79.2 Å². The van der Waals surface area contributed by atoms with Gasteiger partial charge in [0.2, 0.25) is 16.4 Å². The Balaban J connectivity index is 0.000000374. The molecule has 246 valence electrons. The van der Waals surface area contributed by atoms with Crippen molar-refractivity contribution in [2.75, 3.05) is 25.5 Å². The van der Waals surface area contributed by atoms with Crippen molar-refractivity contribution in [2.45, 2.75) is 57.7 Å². The minimum Gasteiger partial charge on any atom is -0.506 e. The summed E-state index contributed by atoms with van der Waals surface area (Å²) in [5, 5.41) is 15.4. The summed E-state index contributed by atoms with van der Waals surface area (Å²) in [6.07, 6.45) is 0.495. The highest BCUT2D eigenvalue weighted by molar-refractivity contribution is 9.10. The number of alkyl halides is 3. The van der Waals surface area contributed by atoms with Crippen molar-refractivity contribution >= 4 is 51.2 Å². The van der Waals surface area contributed by atoms with E-state index in [9.17, 15) is 27.6 Å². The van der Waals surface area contributed by atoms with E-state index < -0.39 is 17.6 Å². The first-order chi connectivity index (χ1) is 21.8. The first-order valence-corrected chi connectivity index (χ1v) is 15.6. The molecule has 0 bridgehead atoms. The van der Waals surface area contributed by atoms with E-state index in [1.807, 2.05) is 13.8 Å². The molecule has 2 N–H and O–H groups in total. The number of carbonyl (C=O) groups excluding carboxylic acids is 2. The van der Waals surface area contributed by atoms with E-state index in [0.29, 0.717) is 18.3 Å². The zero-order chi connectivity index (χ0) is 33.8. The van der Waals surface area contributed by atoms with E-state index in [-0.39, 0.29) is 50.2 Å². The number of nitrogens with zero attached hydrogens (tertiary/aromatic N) is 6. The second kappa shape index (κ2) is 14.3. The highest BCUT2D eigenvalue weighted by Crippen LogP contribution is 2.44. The van der Waals surface area contributed by atoms with E-state index in [2.05, 4.69) is 48.3 Å². The van der Waals surface area contributed by atoms with Gasteiger partial charge in [0.1, 0.15) is 18.0 Å². The number of hydrogen-bond acceptors (Lipinski definition) is 8. The number of amides is 1. The summed E-state index contributed by atoms with van der Waals surface area (Å²) < 4.78 is 41.9. The van der Waals surface area contributed by atoms with Gasteiger partial charge in [0.25, 0.3) is 5.56 Å². The van der Waals surface area contributed by atoms with Crippen molar-refractivity contribution < 1.29 is 27.9 Å². The van der Waals surface area contributed by atoms with Crippen molar-refractivity contribution in [3.63, 3.8) is 0 Å². The largest absolute Gasteiger partial charge is 0.506 e. The van der Waals surface area contributed by atoms with Crippen LogP contribution in [-0.2, 0) is 29.4 Å². The van der Waals surface area contributed by atoms with Crippen LogP contribution < -0.4 is 10.9 Å². The van der Waals surface area contributed by atoms with Crippen molar-refractivity contribution in [1.29, 1.82) is 0 Å². The maximum Gasteiger partial charge on any atom is 0.416 e. The van der Waals surface area contributed by atoms with Crippen LogP contribution >= 0.6 is 27.5 Å². The van der Waals surface area contributed by atoms with Crippen LogP contribution in [0.5, 0.6) is 5.75 Å². The Hall–Kier alpha value is -3.82. The van der Waals surface area contributed by atoms with Gasteiger partial charge in [-0.05, 0) is 92.1 Å². The van der Waals surface area contributed by atoms with Gasteiger partial charge in [-0.2, -0.15) is 22.7 Å². The van der Waals surface area contributed by atoms with Crippen LogP contribution in [0.4, 0.5) is 18.9 Å². The fourth-order valence-corrected chi connectivity index (χ4v) is 6.23. The van der Waals surface area contributed by atoms with Crippen molar-refractivity contribution in [1.82, 2.24) is 29.0 Å². The number of aldehydes is 1. The molecule has 6 rings (SSSR count). The van der Waals surface area contributed by atoms with Gasteiger partial charge in [-0.25, -0.2) is 4.98 Å². The number of halogens is 5. The molecule has 1 saturated heterocycles. The summed E-state index contributed by atoms with van der Waals surface area (Å²) in [5.74, 6) is -0.366. The first-order valence-electron chi connectivity index (χ1n) is 14.5. The van der Waals surface area contributed by atoms with Gasteiger partial charge in [0, 0.05) is 22.9 Å². The number of aromatic hydroxyl groups is 1. The zero-order valence-electron chi connectivity index (χ0n) is 25.2. The van der Waals surface area contributed by atoms with Crippen LogP contribution in [0.3, 0.4) is 0 Å². The Morgan fingerprint density at radius 1 is 1.20 bits per heavy atom. The molecule has 1 amide bonds. The molecule has 0 unspecified atom stereocenters. The number of piperidine rings is 1. The molecule has 1 aliphatic carbocycles. The first kappa shape index (κ1) is 35.0. The smallest absolute Gasteiger partial charge is 0.416 e. The average molecular weight is 727 g/mol. The fraction of sp³-hybridized carbons (Fsp3) is 0.400. The molecule has 0 radical (unpaired) electrons. The summed E-state index contributed by atoms with van der Waals surface area (Å²) in [4.78, 5) is 46.6. The highest BCUT2D eigenvalue weighted by Gasteiger charge is 2.45. The SMILES string of the molecule is CC.CN1CCC2(CCc3c2c(=O)n2nc(Br)nc2n3CC(=O)Nc2ccc(C(F)(F)F)cc2Cl)CC1.O=Cc1ncccc1O. The maximum absolute atomic E-state index is 13.5. The number of hydrogen-bond donors (Lipinski definition) is 2. The summed E-state index contributed by atoms with van der Waals surface area (Å²) in [5.41, 5.74) is 0.164. The normalized spacial score (nSPS) is 15.4. The third kappa shape index (κ3) is 7.26. The standard InChI is InChI=1S/C22H21BrClF3N6O2.C6H5NO2.C2H6/c1-31-8-6-21(7-9-31)5-4-15-17(21)18(35)33-20(29-19(23)30-33)32(15)11-16(34)28-14-3-2-12(10-13(14)24)22(25,26)27;8-4-5-6(9)2-1-3-7-5;1-2/h2-3,10H,4-9,11H2,1H3,(H,28,34);1-4,9H;1-2H3. The van der Waals surface area contributed by atoms with Crippen LogP contribution in [0.1, 0.15) is 60.4 Å². The van der Waals surface area contributed by atoms with E-state index in [0.717, 1.165) is 56.2 Å². The predicted octanol–water partition coefficient (Wildman–Crippen LogP) is 5.50.